The largest absolute Gasteiger partial charge is 0.756 e. The third-order valence-electron chi connectivity index (χ3n) is 7.92. The summed E-state index contributed by atoms with van der Waals surface area (Å²) < 4.78 is 23.0. The van der Waals surface area contributed by atoms with Crippen LogP contribution in [0.15, 0.2) is 72.9 Å². The number of carbonyl (C=O) groups is 1. The van der Waals surface area contributed by atoms with Gasteiger partial charge in [-0.25, -0.2) is 0 Å². The molecule has 0 heterocycles. The van der Waals surface area contributed by atoms with E-state index in [1.165, 1.54) is 19.3 Å². The minimum atomic E-state index is -4.58. The van der Waals surface area contributed by atoms with Gasteiger partial charge in [-0.2, -0.15) is 0 Å². The first-order valence-electron chi connectivity index (χ1n) is 19.3. The number of nitrogens with zero attached hydrogens (tertiary/aromatic N) is 1. The number of rotatable bonds is 33. The molecule has 0 spiro atoms. The molecule has 0 aromatic carbocycles. The lowest BCUT2D eigenvalue weighted by Crippen LogP contribution is -2.45. The van der Waals surface area contributed by atoms with Crippen molar-refractivity contribution in [3.63, 3.8) is 0 Å². The number of phosphoric ester groups is 1. The molecule has 0 bridgehead atoms. The maximum atomic E-state index is 12.7. The number of aliphatic hydroxyl groups is 1. The van der Waals surface area contributed by atoms with Gasteiger partial charge < -0.3 is 28.8 Å². The second-order valence-electron chi connectivity index (χ2n) is 13.9. The Morgan fingerprint density at radius 1 is 0.720 bits per heavy atom. The molecule has 0 rings (SSSR count). The molecule has 0 saturated carbocycles. The van der Waals surface area contributed by atoms with Crippen LogP contribution in [0.3, 0.4) is 0 Å². The predicted molar refractivity (Wildman–Crippen MR) is 210 cm³/mol. The molecule has 2 N–H and O–H groups in total. The highest BCUT2D eigenvalue weighted by molar-refractivity contribution is 7.45. The Hall–Kier alpha value is -2.06. The SMILES string of the molecule is CC/C=C\C/C=C\C/C=C\C/C=C\C/C=C\CCCCCCCC(=O)NC(COP(=O)([O-])OCC[N+](C)(C)C)C(O)/C=C/CCCCCCC. The first kappa shape index (κ1) is 47.9. The van der Waals surface area contributed by atoms with Crippen LogP contribution in [0.2, 0.25) is 0 Å². The Kier molecular flexibility index (Phi) is 31.5. The number of carbonyl (C=O) groups excluding carboxylic acids is 1. The molecular weight excluding hydrogens is 647 g/mol. The van der Waals surface area contributed by atoms with Gasteiger partial charge in [0.25, 0.3) is 7.82 Å². The average molecular weight is 721 g/mol. The Morgan fingerprint density at radius 3 is 1.78 bits per heavy atom. The number of unbranched alkanes of at least 4 members (excludes halogenated alkanes) is 10. The van der Waals surface area contributed by atoms with Crippen molar-refractivity contribution in [3.8, 4) is 0 Å². The van der Waals surface area contributed by atoms with Gasteiger partial charge in [0.1, 0.15) is 13.2 Å². The van der Waals surface area contributed by atoms with Crippen LogP contribution >= 0.6 is 7.82 Å². The number of nitrogens with one attached hydrogen (secondary N) is 1. The molecule has 8 nitrogen and oxygen atoms in total. The standard InChI is InChI=1S/C41H73N2O6P/c1-6-8-10-12-14-15-16-17-18-19-20-21-22-23-24-25-26-27-29-31-33-35-41(45)42-39(40(44)34-32-30-28-13-11-9-7-2)38-49-50(46,47)48-37-36-43(3,4)5/h8,10,14-15,17-18,20-21,23-24,32,34,39-40,44H,6-7,9,11-13,16,19,22,25-31,33,35-38H2,1-5H3,(H-,42,45,46,47)/b10-8-,15-14-,18-17-,21-20-,24-23-,34-32+. The topological polar surface area (TPSA) is 108 Å². The summed E-state index contributed by atoms with van der Waals surface area (Å²) in [6.07, 6.45) is 42.5. The summed E-state index contributed by atoms with van der Waals surface area (Å²) in [7, 11) is 1.23. The van der Waals surface area contributed by atoms with E-state index in [9.17, 15) is 19.4 Å². The average Bonchev–Trinajstić information content (AvgIpc) is 3.06. The van der Waals surface area contributed by atoms with Crippen molar-refractivity contribution in [1.82, 2.24) is 5.32 Å². The molecule has 0 fully saturated rings. The lowest BCUT2D eigenvalue weighted by molar-refractivity contribution is -0.870. The van der Waals surface area contributed by atoms with Gasteiger partial charge in [0.05, 0.1) is 39.9 Å². The fourth-order valence-corrected chi connectivity index (χ4v) is 5.55. The normalized spacial score (nSPS) is 15.4. The molecule has 0 aliphatic rings. The number of quaternary nitrogens is 1. The Bertz CT molecular complexity index is 1040. The molecule has 288 valence electrons. The maximum absolute atomic E-state index is 12.7. The van der Waals surface area contributed by atoms with Gasteiger partial charge in [-0.1, -0.05) is 132 Å². The minimum Gasteiger partial charge on any atom is -0.756 e. The first-order chi connectivity index (χ1) is 24.0. The van der Waals surface area contributed by atoms with Gasteiger partial charge in [-0.15, -0.1) is 0 Å². The van der Waals surface area contributed by atoms with Crippen molar-refractivity contribution in [2.45, 2.75) is 142 Å². The molecule has 0 aromatic heterocycles. The second kappa shape index (κ2) is 32.8. The first-order valence-corrected chi connectivity index (χ1v) is 20.8. The van der Waals surface area contributed by atoms with E-state index >= 15 is 0 Å². The van der Waals surface area contributed by atoms with E-state index in [1.54, 1.807) is 6.08 Å². The molecule has 0 aliphatic heterocycles. The number of allylic oxidation sites excluding steroid dienone is 11. The van der Waals surface area contributed by atoms with Crippen molar-refractivity contribution < 1.29 is 32.9 Å². The number of amides is 1. The highest BCUT2D eigenvalue weighted by Crippen LogP contribution is 2.38. The summed E-state index contributed by atoms with van der Waals surface area (Å²) in [6.45, 7) is 4.41. The lowest BCUT2D eigenvalue weighted by Gasteiger charge is -2.29. The zero-order valence-electron chi connectivity index (χ0n) is 32.3. The van der Waals surface area contributed by atoms with Crippen LogP contribution in [0.4, 0.5) is 0 Å². The van der Waals surface area contributed by atoms with E-state index < -0.39 is 26.6 Å². The lowest BCUT2D eigenvalue weighted by atomic mass is 10.1. The number of phosphoric acid groups is 1. The summed E-state index contributed by atoms with van der Waals surface area (Å²) in [4.78, 5) is 25.1. The molecular formula is C41H73N2O6P. The van der Waals surface area contributed by atoms with Crippen LogP contribution in [0.25, 0.3) is 0 Å². The molecule has 50 heavy (non-hydrogen) atoms. The molecule has 9 heteroatoms. The molecule has 0 saturated heterocycles. The third-order valence-corrected chi connectivity index (χ3v) is 8.89. The summed E-state index contributed by atoms with van der Waals surface area (Å²) in [5.41, 5.74) is 0. The fourth-order valence-electron chi connectivity index (χ4n) is 4.82. The quantitative estimate of drug-likeness (QED) is 0.0303. The highest BCUT2D eigenvalue weighted by Gasteiger charge is 2.23. The van der Waals surface area contributed by atoms with Crippen LogP contribution in [0.5, 0.6) is 0 Å². The van der Waals surface area contributed by atoms with Crippen LogP contribution in [0, 0.1) is 0 Å². The van der Waals surface area contributed by atoms with Crippen molar-refractivity contribution in [3.05, 3.63) is 72.9 Å². The molecule has 1 amide bonds. The zero-order chi connectivity index (χ0) is 37.2. The summed E-state index contributed by atoms with van der Waals surface area (Å²) in [5, 5.41) is 13.6. The van der Waals surface area contributed by atoms with Crippen LogP contribution < -0.4 is 10.2 Å². The van der Waals surface area contributed by atoms with E-state index in [0.717, 1.165) is 89.9 Å². The van der Waals surface area contributed by atoms with E-state index in [2.05, 4.69) is 79.9 Å². The summed E-state index contributed by atoms with van der Waals surface area (Å²) in [5.74, 6) is -0.226. The number of aliphatic hydroxyl groups excluding tert-OH is 1. The molecule has 0 aromatic rings. The van der Waals surface area contributed by atoms with E-state index in [1.807, 2.05) is 27.2 Å². The van der Waals surface area contributed by atoms with E-state index in [-0.39, 0.29) is 12.5 Å². The van der Waals surface area contributed by atoms with Gasteiger partial charge in [0, 0.05) is 6.42 Å². The van der Waals surface area contributed by atoms with Crippen LogP contribution in [-0.2, 0) is 18.4 Å². The van der Waals surface area contributed by atoms with Crippen molar-refractivity contribution in [2.75, 3.05) is 40.9 Å². The minimum absolute atomic E-state index is 0.00981. The van der Waals surface area contributed by atoms with Crippen molar-refractivity contribution in [1.29, 1.82) is 0 Å². The van der Waals surface area contributed by atoms with Crippen molar-refractivity contribution in [2.24, 2.45) is 0 Å². The van der Waals surface area contributed by atoms with Crippen LogP contribution in [-0.4, -0.2) is 68.5 Å². The van der Waals surface area contributed by atoms with Gasteiger partial charge >= 0.3 is 0 Å². The number of hydrogen-bond acceptors (Lipinski definition) is 6. The number of likely N-dealkylation sites (N-methyl/N-ethyl adjacent to an activating group) is 1. The number of hydrogen-bond donors (Lipinski definition) is 2. The van der Waals surface area contributed by atoms with Crippen LogP contribution in [0.1, 0.15) is 129 Å². The van der Waals surface area contributed by atoms with E-state index in [4.69, 9.17) is 9.05 Å². The second-order valence-corrected chi connectivity index (χ2v) is 15.3. The van der Waals surface area contributed by atoms with E-state index in [0.29, 0.717) is 17.4 Å². The fraction of sp³-hybridized carbons (Fsp3) is 0.683. The van der Waals surface area contributed by atoms with Crippen molar-refractivity contribution >= 4 is 13.7 Å². The van der Waals surface area contributed by atoms with Gasteiger partial charge in [-0.3, -0.25) is 9.36 Å². The third kappa shape index (κ3) is 34.4. The predicted octanol–water partition coefficient (Wildman–Crippen LogP) is 9.44. The Morgan fingerprint density at radius 2 is 1.22 bits per heavy atom. The van der Waals surface area contributed by atoms with Gasteiger partial charge in [-0.05, 0) is 64.2 Å². The molecule has 3 unspecified atom stereocenters. The smallest absolute Gasteiger partial charge is 0.268 e. The molecule has 0 aliphatic carbocycles. The summed E-state index contributed by atoms with van der Waals surface area (Å²) in [6, 6.07) is -0.897. The zero-order valence-corrected chi connectivity index (χ0v) is 33.2. The maximum Gasteiger partial charge on any atom is 0.268 e. The Balaban J connectivity index is 4.38. The summed E-state index contributed by atoms with van der Waals surface area (Å²) >= 11 is 0. The molecule has 3 atom stereocenters. The van der Waals surface area contributed by atoms with Gasteiger partial charge in [0.15, 0.2) is 0 Å². The highest BCUT2D eigenvalue weighted by atomic mass is 31.2. The Labute approximate surface area is 306 Å². The molecule has 0 radical (unpaired) electrons. The van der Waals surface area contributed by atoms with Gasteiger partial charge in [0.2, 0.25) is 5.91 Å². The monoisotopic (exact) mass is 721 g/mol.